The van der Waals surface area contributed by atoms with Gasteiger partial charge in [-0.1, -0.05) is 53.9 Å². The number of aromatic amines is 1. The fourth-order valence-corrected chi connectivity index (χ4v) is 6.63. The van der Waals surface area contributed by atoms with Gasteiger partial charge in [0.1, 0.15) is 5.82 Å². The van der Waals surface area contributed by atoms with Crippen LogP contribution in [0.25, 0.3) is 21.1 Å². The number of thioether (sulfide) groups is 2. The molecule has 0 bridgehead atoms. The average molecular weight is 480 g/mol. The number of nitrogens with zero attached hydrogens (tertiary/aromatic N) is 4. The van der Waals surface area contributed by atoms with Crippen LogP contribution in [-0.4, -0.2) is 36.3 Å². The molecule has 3 aromatic heterocycles. The number of hydrogen-bond acceptors (Lipinski definition) is 7. The molecule has 3 heterocycles. The Balaban J connectivity index is 1.28. The number of para-hydroxylation sites is 2. The molecule has 9 heteroatoms. The molecule has 0 aliphatic heterocycles. The smallest absolute Gasteiger partial charge is 0.191 e. The van der Waals surface area contributed by atoms with E-state index in [1.54, 1.807) is 23.1 Å². The van der Waals surface area contributed by atoms with Crippen LogP contribution in [-0.2, 0) is 12.3 Å². The lowest BCUT2D eigenvalue weighted by Crippen LogP contribution is -2.06. The number of aryl methyl sites for hydroxylation is 1. The number of thiazole rings is 1. The number of carbonyl (C=O) groups is 1. The number of carbonyl (C=O) groups excluding carboxylic acids is 1. The highest BCUT2D eigenvalue weighted by molar-refractivity contribution is 8.00. The highest BCUT2D eigenvalue weighted by Gasteiger charge is 2.19. The molecule has 0 amide bonds. The van der Waals surface area contributed by atoms with Gasteiger partial charge in [-0.25, -0.2) is 4.98 Å². The van der Waals surface area contributed by atoms with Crippen molar-refractivity contribution in [2.24, 2.45) is 0 Å². The minimum absolute atomic E-state index is 0.0982. The molecular weight excluding hydrogens is 458 g/mol. The number of rotatable bonds is 8. The van der Waals surface area contributed by atoms with E-state index >= 15 is 0 Å². The van der Waals surface area contributed by atoms with Crippen LogP contribution in [0.2, 0.25) is 0 Å². The van der Waals surface area contributed by atoms with E-state index in [0.717, 1.165) is 49.5 Å². The summed E-state index contributed by atoms with van der Waals surface area (Å²) in [6.45, 7) is 4.78. The number of H-pyrrole nitrogens is 1. The van der Waals surface area contributed by atoms with Crippen molar-refractivity contribution in [3.63, 3.8) is 0 Å². The van der Waals surface area contributed by atoms with Gasteiger partial charge < -0.3 is 9.55 Å². The molecule has 5 rings (SSSR count). The molecule has 0 unspecified atom stereocenters. The third-order valence-electron chi connectivity index (χ3n) is 5.21. The van der Waals surface area contributed by atoms with Crippen molar-refractivity contribution in [3.05, 3.63) is 65.6 Å². The normalized spacial score (nSPS) is 11.6. The highest BCUT2D eigenvalue weighted by Crippen LogP contribution is 2.32. The third kappa shape index (κ3) is 4.07. The first-order chi connectivity index (χ1) is 15.6. The van der Waals surface area contributed by atoms with Crippen LogP contribution in [0.15, 0.2) is 58.0 Å². The van der Waals surface area contributed by atoms with Gasteiger partial charge in [-0.15, -0.1) is 21.5 Å². The van der Waals surface area contributed by atoms with Crippen LogP contribution in [0, 0.1) is 6.92 Å². The first-order valence-corrected chi connectivity index (χ1v) is 13.1. The molecule has 0 fully saturated rings. The van der Waals surface area contributed by atoms with E-state index in [9.17, 15) is 4.79 Å². The fourth-order valence-electron chi connectivity index (χ4n) is 3.73. The fraction of sp³-hybridized carbons (Fsp3) is 0.217. The van der Waals surface area contributed by atoms with Gasteiger partial charge in [-0.2, -0.15) is 0 Å². The number of benzene rings is 2. The summed E-state index contributed by atoms with van der Waals surface area (Å²) < 4.78 is 4.30. The number of nitrogens with one attached hydrogen (secondary N) is 1. The molecular formula is C23H21N5OS3. The SMILES string of the molecule is CCn1c(CSc2nc3ccccc3s2)nnc1SCC(=O)c1c(C)[nH]c2ccccc12. The Kier molecular flexibility index (Phi) is 6.03. The summed E-state index contributed by atoms with van der Waals surface area (Å²) in [5, 5.41) is 10.5. The average Bonchev–Trinajstić information content (AvgIpc) is 3.49. The van der Waals surface area contributed by atoms with E-state index in [1.807, 2.05) is 49.4 Å². The van der Waals surface area contributed by atoms with Crippen LogP contribution in [0.4, 0.5) is 0 Å². The number of hydrogen-bond donors (Lipinski definition) is 1. The second-order valence-corrected chi connectivity index (χ2v) is 10.5. The lowest BCUT2D eigenvalue weighted by atomic mass is 10.1. The Bertz CT molecular complexity index is 1380. The molecule has 6 nitrogen and oxygen atoms in total. The molecule has 0 atom stereocenters. The predicted octanol–water partition coefficient (Wildman–Crippen LogP) is 5.96. The zero-order valence-electron chi connectivity index (χ0n) is 17.7. The molecule has 0 radical (unpaired) electrons. The number of Topliss-reactive ketones (excluding diaryl/α,β-unsaturated/α-hetero) is 1. The Hall–Kier alpha value is -2.62. The minimum Gasteiger partial charge on any atom is -0.358 e. The first kappa shape index (κ1) is 21.2. The van der Waals surface area contributed by atoms with Crippen molar-refractivity contribution in [3.8, 4) is 0 Å². The molecule has 5 aromatic rings. The molecule has 162 valence electrons. The molecule has 0 aliphatic carbocycles. The van der Waals surface area contributed by atoms with Gasteiger partial charge in [-0.3, -0.25) is 4.79 Å². The molecule has 1 N–H and O–H groups in total. The van der Waals surface area contributed by atoms with Gasteiger partial charge in [0.2, 0.25) is 0 Å². The summed E-state index contributed by atoms with van der Waals surface area (Å²) in [6, 6.07) is 16.1. The van der Waals surface area contributed by atoms with E-state index in [1.165, 1.54) is 16.5 Å². The van der Waals surface area contributed by atoms with E-state index in [2.05, 4.69) is 37.7 Å². The van der Waals surface area contributed by atoms with Crippen molar-refractivity contribution in [1.82, 2.24) is 24.7 Å². The van der Waals surface area contributed by atoms with Crippen molar-refractivity contribution in [2.45, 2.75) is 35.6 Å². The minimum atomic E-state index is 0.0982. The van der Waals surface area contributed by atoms with Gasteiger partial charge >= 0.3 is 0 Å². The zero-order valence-corrected chi connectivity index (χ0v) is 20.1. The quantitative estimate of drug-likeness (QED) is 0.218. The maximum atomic E-state index is 13.0. The lowest BCUT2D eigenvalue weighted by molar-refractivity contribution is 0.102. The van der Waals surface area contributed by atoms with Crippen LogP contribution < -0.4 is 0 Å². The summed E-state index contributed by atoms with van der Waals surface area (Å²) in [5.74, 6) is 2.01. The largest absolute Gasteiger partial charge is 0.358 e. The summed E-state index contributed by atoms with van der Waals surface area (Å²) in [6.07, 6.45) is 0. The summed E-state index contributed by atoms with van der Waals surface area (Å²) >= 11 is 4.81. The molecule has 2 aromatic carbocycles. The van der Waals surface area contributed by atoms with Crippen molar-refractivity contribution < 1.29 is 4.79 Å². The number of fused-ring (bicyclic) bond motifs is 2. The third-order valence-corrected chi connectivity index (χ3v) is 8.36. The van der Waals surface area contributed by atoms with Gasteiger partial charge in [0.25, 0.3) is 0 Å². The van der Waals surface area contributed by atoms with Gasteiger partial charge in [-0.05, 0) is 32.0 Å². The monoisotopic (exact) mass is 479 g/mol. The van der Waals surface area contributed by atoms with E-state index in [4.69, 9.17) is 0 Å². The van der Waals surface area contributed by atoms with Crippen LogP contribution in [0.1, 0.15) is 28.8 Å². The molecule has 0 aliphatic rings. The maximum Gasteiger partial charge on any atom is 0.191 e. The Morgan fingerprint density at radius 2 is 1.91 bits per heavy atom. The van der Waals surface area contributed by atoms with Gasteiger partial charge in [0.15, 0.2) is 15.3 Å². The standard InChI is InChI=1S/C23H21N5OS3/c1-3-28-20(13-31-23-25-17-10-6-7-11-19(17)32-23)26-27-22(28)30-12-18(29)21-14(2)24-16-9-5-4-8-15(16)21/h4-11,24H,3,12-13H2,1-2H3. The zero-order chi connectivity index (χ0) is 22.1. The Morgan fingerprint density at radius 3 is 2.75 bits per heavy atom. The van der Waals surface area contributed by atoms with E-state index < -0.39 is 0 Å². The van der Waals surface area contributed by atoms with Gasteiger partial charge in [0, 0.05) is 28.7 Å². The van der Waals surface area contributed by atoms with Crippen molar-refractivity contribution >= 4 is 61.8 Å². The lowest BCUT2D eigenvalue weighted by Gasteiger charge is -2.06. The second kappa shape index (κ2) is 9.09. The highest BCUT2D eigenvalue weighted by atomic mass is 32.2. The summed E-state index contributed by atoms with van der Waals surface area (Å²) in [7, 11) is 0. The second-order valence-electron chi connectivity index (χ2n) is 7.26. The molecule has 0 spiro atoms. The van der Waals surface area contributed by atoms with Crippen molar-refractivity contribution in [2.75, 3.05) is 5.75 Å². The predicted molar refractivity (Wildman–Crippen MR) is 133 cm³/mol. The van der Waals surface area contributed by atoms with Gasteiger partial charge in [0.05, 0.1) is 21.7 Å². The van der Waals surface area contributed by atoms with Crippen LogP contribution in [0.5, 0.6) is 0 Å². The molecule has 0 saturated carbocycles. The van der Waals surface area contributed by atoms with E-state index in [0.29, 0.717) is 11.5 Å². The molecule has 32 heavy (non-hydrogen) atoms. The Labute approximate surface area is 197 Å². The number of ketones is 1. The van der Waals surface area contributed by atoms with E-state index in [-0.39, 0.29) is 5.78 Å². The first-order valence-electron chi connectivity index (χ1n) is 10.3. The number of aromatic nitrogens is 5. The van der Waals surface area contributed by atoms with Crippen LogP contribution in [0.3, 0.4) is 0 Å². The Morgan fingerprint density at radius 1 is 1.09 bits per heavy atom. The molecule has 0 saturated heterocycles. The maximum absolute atomic E-state index is 13.0. The van der Waals surface area contributed by atoms with Crippen molar-refractivity contribution in [1.29, 1.82) is 0 Å². The summed E-state index contributed by atoms with van der Waals surface area (Å²) in [5.41, 5.74) is 3.69. The topological polar surface area (TPSA) is 76.5 Å². The summed E-state index contributed by atoms with van der Waals surface area (Å²) in [4.78, 5) is 21.0. The van der Waals surface area contributed by atoms with Crippen LogP contribution >= 0.6 is 34.9 Å².